The smallest absolute Gasteiger partial charge is 0.338 e. The molecule has 3 aromatic rings. The van der Waals surface area contributed by atoms with Crippen LogP contribution in [0.2, 0.25) is 0 Å². The van der Waals surface area contributed by atoms with Crippen LogP contribution in [0.15, 0.2) is 60.9 Å². The number of nitriles is 1. The number of carboxylic acids is 1. The second kappa shape index (κ2) is 7.23. The second-order valence-corrected chi connectivity index (χ2v) is 5.23. The summed E-state index contributed by atoms with van der Waals surface area (Å²) in [6.45, 7) is 0.360. The molecule has 1 N–H and O–H groups in total. The lowest BCUT2D eigenvalue weighted by Gasteiger charge is -2.07. The molecule has 0 atom stereocenters. The van der Waals surface area contributed by atoms with Crippen molar-refractivity contribution in [1.29, 1.82) is 5.26 Å². The molecule has 122 valence electrons. The third-order valence-corrected chi connectivity index (χ3v) is 3.47. The highest BCUT2D eigenvalue weighted by molar-refractivity contribution is 5.86. The molecule has 0 radical (unpaired) electrons. The van der Waals surface area contributed by atoms with Crippen LogP contribution in [0, 0.1) is 11.3 Å². The molecule has 6 nitrogen and oxygen atoms in total. The summed E-state index contributed by atoms with van der Waals surface area (Å²) in [6.07, 6.45) is 2.55. The largest absolute Gasteiger partial charge is 0.489 e. The number of aromatic carboxylic acids is 1. The fourth-order valence-corrected chi connectivity index (χ4v) is 2.19. The Kier molecular flexibility index (Phi) is 4.67. The molecule has 0 unspecified atom stereocenters. The standard InChI is InChI=1S/C19H13N3O3/c20-9-13-2-1-3-14(8-13)12-25-17-6-4-15(5-7-17)18-21-10-16(11-22-18)19(23)24/h1-8,10-11H,12H2,(H,23,24). The Morgan fingerprint density at radius 2 is 1.84 bits per heavy atom. The maximum atomic E-state index is 10.8. The van der Waals surface area contributed by atoms with E-state index in [9.17, 15) is 4.79 Å². The minimum Gasteiger partial charge on any atom is -0.489 e. The number of rotatable bonds is 5. The third kappa shape index (κ3) is 3.98. The number of carbonyl (C=O) groups is 1. The lowest BCUT2D eigenvalue weighted by Crippen LogP contribution is -1.99. The quantitative estimate of drug-likeness (QED) is 0.770. The monoisotopic (exact) mass is 331 g/mol. The summed E-state index contributed by atoms with van der Waals surface area (Å²) in [5.41, 5.74) is 2.31. The summed E-state index contributed by atoms with van der Waals surface area (Å²) >= 11 is 0. The molecule has 0 aliphatic carbocycles. The second-order valence-electron chi connectivity index (χ2n) is 5.23. The van der Waals surface area contributed by atoms with Crippen molar-refractivity contribution in [2.45, 2.75) is 6.61 Å². The number of aromatic nitrogens is 2. The molecule has 0 spiro atoms. The molecular weight excluding hydrogens is 318 g/mol. The van der Waals surface area contributed by atoms with Crippen molar-refractivity contribution in [3.8, 4) is 23.2 Å². The van der Waals surface area contributed by atoms with Crippen molar-refractivity contribution < 1.29 is 14.6 Å². The van der Waals surface area contributed by atoms with Crippen LogP contribution in [0.1, 0.15) is 21.5 Å². The molecule has 3 rings (SSSR count). The molecule has 0 fully saturated rings. The van der Waals surface area contributed by atoms with E-state index in [4.69, 9.17) is 15.1 Å². The zero-order valence-corrected chi connectivity index (χ0v) is 13.1. The zero-order chi connectivity index (χ0) is 17.6. The lowest BCUT2D eigenvalue weighted by molar-refractivity contribution is 0.0696. The number of nitrogens with zero attached hydrogens (tertiary/aromatic N) is 3. The van der Waals surface area contributed by atoms with Gasteiger partial charge in [0, 0.05) is 18.0 Å². The van der Waals surface area contributed by atoms with Crippen molar-refractivity contribution in [3.05, 3.63) is 77.6 Å². The van der Waals surface area contributed by atoms with E-state index in [1.165, 1.54) is 12.4 Å². The molecule has 0 saturated carbocycles. The predicted octanol–water partition coefficient (Wildman–Crippen LogP) is 3.29. The van der Waals surface area contributed by atoms with Gasteiger partial charge in [0.1, 0.15) is 12.4 Å². The van der Waals surface area contributed by atoms with Crippen LogP contribution in [0.4, 0.5) is 0 Å². The minimum atomic E-state index is -1.06. The number of hydrogen-bond acceptors (Lipinski definition) is 5. The van der Waals surface area contributed by atoms with Gasteiger partial charge in [0.2, 0.25) is 0 Å². The third-order valence-electron chi connectivity index (χ3n) is 3.47. The van der Waals surface area contributed by atoms with Crippen molar-refractivity contribution in [3.63, 3.8) is 0 Å². The molecule has 0 saturated heterocycles. The topological polar surface area (TPSA) is 96.1 Å². The highest BCUT2D eigenvalue weighted by Crippen LogP contribution is 2.20. The molecule has 1 aromatic heterocycles. The van der Waals surface area contributed by atoms with Crippen LogP contribution in [0.25, 0.3) is 11.4 Å². The van der Waals surface area contributed by atoms with E-state index >= 15 is 0 Å². The minimum absolute atomic E-state index is 0.0447. The van der Waals surface area contributed by atoms with Gasteiger partial charge in [-0.15, -0.1) is 0 Å². The van der Waals surface area contributed by atoms with Crippen LogP contribution < -0.4 is 4.74 Å². The lowest BCUT2D eigenvalue weighted by atomic mass is 10.1. The van der Waals surface area contributed by atoms with Gasteiger partial charge >= 0.3 is 5.97 Å². The van der Waals surface area contributed by atoms with E-state index in [1.807, 2.05) is 12.1 Å². The van der Waals surface area contributed by atoms with Crippen molar-refractivity contribution >= 4 is 5.97 Å². The molecule has 1 heterocycles. The Bertz CT molecular complexity index is 929. The summed E-state index contributed by atoms with van der Waals surface area (Å²) in [5, 5.41) is 17.8. The first kappa shape index (κ1) is 16.1. The SMILES string of the molecule is N#Cc1cccc(COc2ccc(-c3ncc(C(=O)O)cn3)cc2)c1. The van der Waals surface area contributed by atoms with Crippen LogP contribution >= 0.6 is 0 Å². The van der Waals surface area contributed by atoms with Crippen LogP contribution in [-0.4, -0.2) is 21.0 Å². The Labute approximate surface area is 144 Å². The maximum absolute atomic E-state index is 10.8. The molecule has 0 aliphatic rings. The average molecular weight is 331 g/mol. The van der Waals surface area contributed by atoms with Gasteiger partial charge in [-0.3, -0.25) is 0 Å². The maximum Gasteiger partial charge on any atom is 0.338 e. The van der Waals surface area contributed by atoms with E-state index in [2.05, 4.69) is 16.0 Å². The van der Waals surface area contributed by atoms with Gasteiger partial charge in [-0.25, -0.2) is 14.8 Å². The Morgan fingerprint density at radius 3 is 2.48 bits per heavy atom. The van der Waals surface area contributed by atoms with Gasteiger partial charge in [-0.2, -0.15) is 5.26 Å². The van der Waals surface area contributed by atoms with Crippen molar-refractivity contribution in [1.82, 2.24) is 9.97 Å². The molecule has 0 amide bonds. The Hall–Kier alpha value is -3.72. The first-order valence-electron chi connectivity index (χ1n) is 7.43. The van der Waals surface area contributed by atoms with E-state index in [-0.39, 0.29) is 5.56 Å². The van der Waals surface area contributed by atoms with Gasteiger partial charge in [0.15, 0.2) is 5.82 Å². The molecule has 6 heteroatoms. The predicted molar refractivity (Wildman–Crippen MR) is 89.9 cm³/mol. The number of carboxylic acid groups (broad SMARTS) is 1. The van der Waals surface area contributed by atoms with Gasteiger partial charge in [0.05, 0.1) is 17.2 Å². The molecule has 0 bridgehead atoms. The summed E-state index contributed by atoms with van der Waals surface area (Å²) < 4.78 is 5.71. The van der Waals surface area contributed by atoms with Crippen LogP contribution in [-0.2, 0) is 6.61 Å². The fourth-order valence-electron chi connectivity index (χ4n) is 2.19. The first-order chi connectivity index (χ1) is 12.2. The number of benzene rings is 2. The van der Waals surface area contributed by atoms with E-state index in [0.717, 1.165) is 11.1 Å². The summed E-state index contributed by atoms with van der Waals surface area (Å²) in [5.74, 6) is 0.0577. The van der Waals surface area contributed by atoms with Crippen molar-refractivity contribution in [2.75, 3.05) is 0 Å². The van der Waals surface area contributed by atoms with Crippen LogP contribution in [0.5, 0.6) is 5.75 Å². The normalized spacial score (nSPS) is 10.0. The molecule has 2 aromatic carbocycles. The van der Waals surface area contributed by atoms with Gasteiger partial charge in [-0.1, -0.05) is 12.1 Å². The highest BCUT2D eigenvalue weighted by atomic mass is 16.5. The highest BCUT2D eigenvalue weighted by Gasteiger charge is 2.06. The summed E-state index contributed by atoms with van der Waals surface area (Å²) in [6, 6.07) is 16.5. The Balaban J connectivity index is 1.67. The molecule has 25 heavy (non-hydrogen) atoms. The number of ether oxygens (including phenoxy) is 1. The van der Waals surface area contributed by atoms with Crippen LogP contribution in [0.3, 0.4) is 0 Å². The van der Waals surface area contributed by atoms with Crippen molar-refractivity contribution in [2.24, 2.45) is 0 Å². The molecular formula is C19H13N3O3. The zero-order valence-electron chi connectivity index (χ0n) is 13.1. The number of hydrogen-bond donors (Lipinski definition) is 1. The Morgan fingerprint density at radius 1 is 1.12 bits per heavy atom. The average Bonchev–Trinajstić information content (AvgIpc) is 2.67. The molecule has 0 aliphatic heterocycles. The van der Waals surface area contributed by atoms with E-state index < -0.39 is 5.97 Å². The first-order valence-corrected chi connectivity index (χ1v) is 7.43. The van der Waals surface area contributed by atoms with E-state index in [1.54, 1.807) is 36.4 Å². The summed E-state index contributed by atoms with van der Waals surface area (Å²) in [4.78, 5) is 18.9. The van der Waals surface area contributed by atoms with Gasteiger partial charge in [-0.05, 0) is 42.0 Å². The summed E-state index contributed by atoms with van der Waals surface area (Å²) in [7, 11) is 0. The van der Waals surface area contributed by atoms with Gasteiger partial charge in [0.25, 0.3) is 0 Å². The van der Waals surface area contributed by atoms with E-state index in [0.29, 0.717) is 23.7 Å². The van der Waals surface area contributed by atoms with Gasteiger partial charge < -0.3 is 9.84 Å². The fraction of sp³-hybridized carbons (Fsp3) is 0.0526.